The first-order valence-electron chi connectivity index (χ1n) is 11.5. The van der Waals surface area contributed by atoms with Gasteiger partial charge in [-0.05, 0) is 29.3 Å². The van der Waals surface area contributed by atoms with E-state index < -0.39 is 0 Å². The molecule has 3 atom stereocenters. The highest BCUT2D eigenvalue weighted by molar-refractivity contribution is 9.11. The molecule has 2 heterocycles. The van der Waals surface area contributed by atoms with E-state index in [9.17, 15) is 0 Å². The first kappa shape index (κ1) is 20.5. The summed E-state index contributed by atoms with van der Waals surface area (Å²) in [6.45, 7) is 2.22. The Labute approximate surface area is 202 Å². The van der Waals surface area contributed by atoms with Crippen LogP contribution in [0.1, 0.15) is 65.9 Å². The van der Waals surface area contributed by atoms with Crippen molar-refractivity contribution < 1.29 is 4.42 Å². The standard InChI is InChI=1S/C28H24BrN3O/c1-17-15-24-22(16-23(17)29)20-13-8-14-21(25(20)33-24)28-31-26(18-9-4-2-5-10-18)30-27(32-28)19-11-6-3-7-12-19/h2-11,13,16-17,19,21H,12,14-15H2,1H3/t17?,19?,21-/m1/s1. The average Bonchev–Trinajstić information content (AvgIpc) is 3.22. The van der Waals surface area contributed by atoms with Crippen molar-refractivity contribution in [3.8, 4) is 11.4 Å². The van der Waals surface area contributed by atoms with Crippen molar-refractivity contribution in [3.05, 3.63) is 99.5 Å². The van der Waals surface area contributed by atoms with Gasteiger partial charge in [-0.3, -0.25) is 0 Å². The lowest BCUT2D eigenvalue weighted by Gasteiger charge is -2.19. The second-order valence-corrected chi connectivity index (χ2v) is 9.85. The van der Waals surface area contributed by atoms with Crippen molar-refractivity contribution in [1.29, 1.82) is 0 Å². The molecule has 0 aliphatic heterocycles. The molecule has 3 aliphatic carbocycles. The van der Waals surface area contributed by atoms with E-state index in [0.29, 0.717) is 5.92 Å². The summed E-state index contributed by atoms with van der Waals surface area (Å²) in [6, 6.07) is 10.2. The lowest BCUT2D eigenvalue weighted by molar-refractivity contribution is 0.424. The number of fused-ring (bicyclic) bond motifs is 3. The summed E-state index contributed by atoms with van der Waals surface area (Å²) in [4.78, 5) is 14.9. The molecule has 0 radical (unpaired) electrons. The highest BCUT2D eigenvalue weighted by Crippen LogP contribution is 2.43. The average molecular weight is 498 g/mol. The third-order valence-corrected chi connectivity index (χ3v) is 7.64. The molecule has 0 fully saturated rings. The maximum atomic E-state index is 6.50. The summed E-state index contributed by atoms with van der Waals surface area (Å²) in [5.74, 6) is 4.92. The molecule has 3 aromatic rings. The Hall–Kier alpha value is -3.05. The topological polar surface area (TPSA) is 51.8 Å². The molecule has 4 nitrogen and oxygen atoms in total. The molecule has 0 N–H and O–H groups in total. The lowest BCUT2D eigenvalue weighted by atomic mass is 9.88. The summed E-state index contributed by atoms with van der Waals surface area (Å²) in [6.07, 6.45) is 17.7. The van der Waals surface area contributed by atoms with Gasteiger partial charge in [-0.15, -0.1) is 0 Å². The fourth-order valence-electron chi connectivity index (χ4n) is 4.79. The number of aromatic nitrogens is 3. The molecule has 1 aromatic carbocycles. The van der Waals surface area contributed by atoms with E-state index in [1.807, 2.05) is 18.2 Å². The van der Waals surface area contributed by atoms with Crippen LogP contribution in [0.5, 0.6) is 0 Å². The predicted molar refractivity (Wildman–Crippen MR) is 135 cm³/mol. The van der Waals surface area contributed by atoms with Crippen molar-refractivity contribution in [2.45, 2.75) is 38.0 Å². The van der Waals surface area contributed by atoms with Gasteiger partial charge in [-0.25, -0.2) is 15.0 Å². The largest absolute Gasteiger partial charge is 0.464 e. The zero-order chi connectivity index (χ0) is 22.4. The maximum Gasteiger partial charge on any atom is 0.163 e. The van der Waals surface area contributed by atoms with E-state index in [2.05, 4.69) is 77.5 Å². The van der Waals surface area contributed by atoms with E-state index in [1.165, 1.54) is 10.0 Å². The number of allylic oxidation sites excluding steroid dienone is 6. The number of rotatable bonds is 3. The van der Waals surface area contributed by atoms with Gasteiger partial charge in [-0.2, -0.15) is 0 Å². The molecule has 3 aliphatic rings. The van der Waals surface area contributed by atoms with Crippen LogP contribution in [0.2, 0.25) is 0 Å². The van der Waals surface area contributed by atoms with E-state index in [-0.39, 0.29) is 11.8 Å². The predicted octanol–water partition coefficient (Wildman–Crippen LogP) is 7.21. The van der Waals surface area contributed by atoms with E-state index in [0.717, 1.165) is 59.4 Å². The Balaban J connectivity index is 1.48. The van der Waals surface area contributed by atoms with Gasteiger partial charge in [0, 0.05) is 29.0 Å². The van der Waals surface area contributed by atoms with Crippen molar-refractivity contribution in [2.75, 3.05) is 0 Å². The minimum atomic E-state index is -0.0228. The zero-order valence-electron chi connectivity index (χ0n) is 18.4. The van der Waals surface area contributed by atoms with Crippen LogP contribution < -0.4 is 0 Å². The molecular formula is C28H24BrN3O. The van der Waals surface area contributed by atoms with Crippen molar-refractivity contribution in [2.24, 2.45) is 5.92 Å². The number of hydrogen-bond acceptors (Lipinski definition) is 4. The molecular weight excluding hydrogens is 474 g/mol. The van der Waals surface area contributed by atoms with E-state index in [4.69, 9.17) is 19.4 Å². The van der Waals surface area contributed by atoms with Crippen LogP contribution in [0.3, 0.4) is 0 Å². The molecule has 33 heavy (non-hydrogen) atoms. The molecule has 164 valence electrons. The molecule has 5 heteroatoms. The van der Waals surface area contributed by atoms with Crippen LogP contribution in [0, 0.1) is 5.92 Å². The molecule has 0 bridgehead atoms. The highest BCUT2D eigenvalue weighted by Gasteiger charge is 2.32. The SMILES string of the molecule is CC1Cc2oc3c(c2C=C1Br)C=CC[C@H]3c1nc(-c2ccccc2)nc(C2C=CC=CC2)n1. The Morgan fingerprint density at radius 3 is 2.61 bits per heavy atom. The second-order valence-electron chi connectivity index (χ2n) is 8.94. The molecule has 0 saturated heterocycles. The second kappa shape index (κ2) is 8.38. The molecule has 0 amide bonds. The number of furan rings is 1. The minimum Gasteiger partial charge on any atom is -0.464 e. The fraction of sp³-hybridized carbons (Fsp3) is 0.250. The Kier molecular flexibility index (Phi) is 5.22. The minimum absolute atomic E-state index is 0.0228. The normalized spacial score (nSPS) is 23.2. The number of halogens is 1. The summed E-state index contributed by atoms with van der Waals surface area (Å²) in [7, 11) is 0. The Morgan fingerprint density at radius 1 is 0.939 bits per heavy atom. The molecule has 6 rings (SSSR count). The summed E-state index contributed by atoms with van der Waals surface area (Å²) < 4.78 is 7.73. The van der Waals surface area contributed by atoms with Gasteiger partial charge in [0.25, 0.3) is 0 Å². The van der Waals surface area contributed by atoms with Gasteiger partial charge in [0.1, 0.15) is 23.2 Å². The van der Waals surface area contributed by atoms with Gasteiger partial charge in [0.05, 0.1) is 5.92 Å². The smallest absolute Gasteiger partial charge is 0.163 e. The Bertz CT molecular complexity index is 1330. The van der Waals surface area contributed by atoms with Crippen LogP contribution in [0.4, 0.5) is 0 Å². The van der Waals surface area contributed by atoms with Crippen LogP contribution in [0.15, 0.2) is 69.6 Å². The third kappa shape index (κ3) is 3.74. The van der Waals surface area contributed by atoms with Crippen molar-refractivity contribution in [3.63, 3.8) is 0 Å². The quantitative estimate of drug-likeness (QED) is 0.383. The first-order chi connectivity index (χ1) is 16.2. The van der Waals surface area contributed by atoms with E-state index in [1.54, 1.807) is 0 Å². The summed E-state index contributed by atoms with van der Waals surface area (Å²) >= 11 is 3.74. The molecule has 2 unspecified atom stereocenters. The highest BCUT2D eigenvalue weighted by atomic mass is 79.9. The maximum absolute atomic E-state index is 6.50. The zero-order valence-corrected chi connectivity index (χ0v) is 20.0. The number of nitrogens with zero attached hydrogens (tertiary/aromatic N) is 3. The summed E-state index contributed by atoms with van der Waals surface area (Å²) in [5, 5.41) is 0. The van der Waals surface area contributed by atoms with Gasteiger partial charge in [-0.1, -0.05) is 89.6 Å². The van der Waals surface area contributed by atoms with Crippen LogP contribution in [-0.4, -0.2) is 15.0 Å². The molecule has 0 spiro atoms. The van der Waals surface area contributed by atoms with Crippen LogP contribution in [-0.2, 0) is 6.42 Å². The van der Waals surface area contributed by atoms with Gasteiger partial charge in [0.2, 0.25) is 0 Å². The Morgan fingerprint density at radius 2 is 1.79 bits per heavy atom. The van der Waals surface area contributed by atoms with Gasteiger partial charge in [0.15, 0.2) is 5.82 Å². The van der Waals surface area contributed by atoms with Gasteiger partial charge < -0.3 is 4.42 Å². The number of hydrogen-bond donors (Lipinski definition) is 0. The van der Waals surface area contributed by atoms with Crippen LogP contribution in [0.25, 0.3) is 23.5 Å². The van der Waals surface area contributed by atoms with Gasteiger partial charge >= 0.3 is 0 Å². The van der Waals surface area contributed by atoms with Crippen molar-refractivity contribution in [1.82, 2.24) is 15.0 Å². The van der Waals surface area contributed by atoms with Crippen molar-refractivity contribution >= 4 is 28.1 Å². The summed E-state index contributed by atoms with van der Waals surface area (Å²) in [5.41, 5.74) is 3.35. The number of benzene rings is 1. The lowest BCUT2D eigenvalue weighted by Crippen LogP contribution is -2.14. The third-order valence-electron chi connectivity index (χ3n) is 6.63. The first-order valence-corrected chi connectivity index (χ1v) is 12.3. The van der Waals surface area contributed by atoms with E-state index >= 15 is 0 Å². The molecule has 0 saturated carbocycles. The van der Waals surface area contributed by atoms with Crippen LogP contribution >= 0.6 is 15.9 Å². The fourth-order valence-corrected chi connectivity index (χ4v) is 5.18. The molecule has 2 aromatic heterocycles. The monoisotopic (exact) mass is 497 g/mol.